The van der Waals surface area contributed by atoms with Crippen LogP contribution in [0.25, 0.3) is 10.8 Å². The molecule has 0 spiro atoms. The van der Waals surface area contributed by atoms with Crippen LogP contribution in [0.3, 0.4) is 0 Å². The van der Waals surface area contributed by atoms with Gasteiger partial charge >= 0.3 is 6.09 Å². The molecular formula is C30H28N2O4. The number of hydrogen-bond donors (Lipinski definition) is 1. The Morgan fingerprint density at radius 1 is 0.889 bits per heavy atom. The maximum absolute atomic E-state index is 13.0. The SMILES string of the molecule is O=C(NCCN(CC1Cc2ccccc2O1)C(=O)OCc1ccccc1)c1cccc2ccccc12. The maximum Gasteiger partial charge on any atom is 0.410 e. The number of ether oxygens (including phenoxy) is 2. The minimum Gasteiger partial charge on any atom is -0.488 e. The third kappa shape index (κ3) is 5.49. The third-order valence-electron chi connectivity index (χ3n) is 6.30. The Morgan fingerprint density at radius 3 is 2.50 bits per heavy atom. The summed E-state index contributed by atoms with van der Waals surface area (Å²) in [4.78, 5) is 27.6. The quantitative estimate of drug-likeness (QED) is 0.376. The molecule has 0 saturated heterocycles. The Labute approximate surface area is 210 Å². The van der Waals surface area contributed by atoms with Crippen LogP contribution < -0.4 is 10.1 Å². The molecule has 0 aromatic heterocycles. The molecule has 1 atom stereocenters. The molecule has 1 unspecified atom stereocenters. The van der Waals surface area contributed by atoms with Gasteiger partial charge in [-0.1, -0.05) is 84.9 Å². The number of benzene rings is 4. The fourth-order valence-electron chi connectivity index (χ4n) is 4.49. The van der Waals surface area contributed by atoms with Crippen molar-refractivity contribution < 1.29 is 19.1 Å². The number of carbonyl (C=O) groups is 2. The van der Waals surface area contributed by atoms with Gasteiger partial charge in [-0.05, 0) is 34.0 Å². The molecule has 36 heavy (non-hydrogen) atoms. The van der Waals surface area contributed by atoms with Gasteiger partial charge in [0.1, 0.15) is 18.5 Å². The van der Waals surface area contributed by atoms with Crippen molar-refractivity contribution in [3.63, 3.8) is 0 Å². The Bertz CT molecular complexity index is 1330. The first-order valence-corrected chi connectivity index (χ1v) is 12.1. The van der Waals surface area contributed by atoms with Gasteiger partial charge in [0.05, 0.1) is 6.54 Å². The molecule has 1 aliphatic heterocycles. The van der Waals surface area contributed by atoms with Gasteiger partial charge in [-0.15, -0.1) is 0 Å². The topological polar surface area (TPSA) is 67.9 Å². The summed E-state index contributed by atoms with van der Waals surface area (Å²) in [6, 6.07) is 30.9. The van der Waals surface area contributed by atoms with Crippen molar-refractivity contribution in [2.45, 2.75) is 19.1 Å². The molecule has 0 bridgehead atoms. The number of rotatable bonds is 8. The summed E-state index contributed by atoms with van der Waals surface area (Å²) in [5.41, 5.74) is 2.66. The number of nitrogens with zero attached hydrogens (tertiary/aromatic N) is 1. The molecule has 0 fully saturated rings. The molecule has 6 nitrogen and oxygen atoms in total. The van der Waals surface area contributed by atoms with E-state index in [-0.39, 0.29) is 18.6 Å². The van der Waals surface area contributed by atoms with E-state index >= 15 is 0 Å². The van der Waals surface area contributed by atoms with Crippen molar-refractivity contribution in [3.05, 3.63) is 114 Å². The Hall–Kier alpha value is -4.32. The van der Waals surface area contributed by atoms with Crippen molar-refractivity contribution >= 4 is 22.8 Å². The van der Waals surface area contributed by atoms with E-state index in [2.05, 4.69) is 5.32 Å². The lowest BCUT2D eigenvalue weighted by Gasteiger charge is -2.25. The number of para-hydroxylation sites is 1. The van der Waals surface area contributed by atoms with Crippen LogP contribution in [0.5, 0.6) is 5.75 Å². The fraction of sp³-hybridized carbons (Fsp3) is 0.200. The largest absolute Gasteiger partial charge is 0.488 e. The van der Waals surface area contributed by atoms with E-state index in [4.69, 9.17) is 9.47 Å². The highest BCUT2D eigenvalue weighted by molar-refractivity contribution is 6.07. The van der Waals surface area contributed by atoms with E-state index in [1.807, 2.05) is 97.1 Å². The third-order valence-corrected chi connectivity index (χ3v) is 6.30. The average molecular weight is 481 g/mol. The summed E-state index contributed by atoms with van der Waals surface area (Å²) in [5, 5.41) is 4.87. The van der Waals surface area contributed by atoms with Crippen LogP contribution in [-0.4, -0.2) is 42.6 Å². The lowest BCUT2D eigenvalue weighted by Crippen LogP contribution is -2.43. The van der Waals surface area contributed by atoms with Crippen LogP contribution >= 0.6 is 0 Å². The highest BCUT2D eigenvalue weighted by Crippen LogP contribution is 2.28. The van der Waals surface area contributed by atoms with Crippen molar-refractivity contribution in [1.29, 1.82) is 0 Å². The summed E-state index contributed by atoms with van der Waals surface area (Å²) in [5.74, 6) is 0.679. The first kappa shape index (κ1) is 23.4. The lowest BCUT2D eigenvalue weighted by atomic mass is 10.0. The molecule has 0 radical (unpaired) electrons. The van der Waals surface area contributed by atoms with E-state index in [9.17, 15) is 9.59 Å². The summed E-state index contributed by atoms with van der Waals surface area (Å²) in [6.07, 6.45) is 0.124. The molecule has 5 rings (SSSR count). The first-order valence-electron chi connectivity index (χ1n) is 12.1. The molecule has 1 heterocycles. The van der Waals surface area contributed by atoms with Gasteiger partial charge in [0.25, 0.3) is 5.91 Å². The predicted octanol–water partition coefficient (Wildman–Crippen LogP) is 5.21. The smallest absolute Gasteiger partial charge is 0.410 e. The molecule has 1 aliphatic rings. The number of nitrogens with one attached hydrogen (secondary N) is 1. The van der Waals surface area contributed by atoms with Crippen LogP contribution in [0.2, 0.25) is 0 Å². The molecule has 2 amide bonds. The molecule has 0 saturated carbocycles. The van der Waals surface area contributed by atoms with Gasteiger partial charge in [-0.25, -0.2) is 4.79 Å². The van der Waals surface area contributed by atoms with Crippen LogP contribution in [0, 0.1) is 0 Å². The maximum atomic E-state index is 13.0. The van der Waals surface area contributed by atoms with E-state index in [0.717, 1.165) is 34.1 Å². The van der Waals surface area contributed by atoms with Crippen LogP contribution in [-0.2, 0) is 17.8 Å². The minimum atomic E-state index is -0.433. The van der Waals surface area contributed by atoms with Crippen molar-refractivity contribution in [1.82, 2.24) is 10.2 Å². The van der Waals surface area contributed by atoms with Crippen molar-refractivity contribution in [2.24, 2.45) is 0 Å². The highest BCUT2D eigenvalue weighted by Gasteiger charge is 2.27. The summed E-state index contributed by atoms with van der Waals surface area (Å²) in [7, 11) is 0. The molecule has 6 heteroatoms. The first-order chi connectivity index (χ1) is 17.7. The molecule has 1 N–H and O–H groups in total. The molecule has 182 valence electrons. The number of hydrogen-bond acceptors (Lipinski definition) is 4. The van der Waals surface area contributed by atoms with Gasteiger partial charge in [0.2, 0.25) is 0 Å². The summed E-state index contributed by atoms with van der Waals surface area (Å²) < 4.78 is 11.7. The molecule has 4 aromatic carbocycles. The number of carbonyl (C=O) groups excluding carboxylic acids is 2. The fourth-order valence-corrected chi connectivity index (χ4v) is 4.49. The van der Waals surface area contributed by atoms with E-state index in [1.165, 1.54) is 0 Å². The Kier molecular flexibility index (Phi) is 7.12. The van der Waals surface area contributed by atoms with Gasteiger partial charge in [-0.2, -0.15) is 0 Å². The summed E-state index contributed by atoms with van der Waals surface area (Å²) >= 11 is 0. The van der Waals surface area contributed by atoms with Gasteiger partial charge in [0.15, 0.2) is 0 Å². The van der Waals surface area contributed by atoms with E-state index < -0.39 is 6.09 Å². The van der Waals surface area contributed by atoms with Gasteiger partial charge in [0, 0.05) is 25.1 Å². The van der Waals surface area contributed by atoms with Crippen LogP contribution in [0.15, 0.2) is 97.1 Å². The zero-order valence-corrected chi connectivity index (χ0v) is 19.9. The van der Waals surface area contributed by atoms with Crippen molar-refractivity contribution in [3.8, 4) is 5.75 Å². The Balaban J connectivity index is 1.23. The second-order valence-electron chi connectivity index (χ2n) is 8.82. The monoisotopic (exact) mass is 480 g/mol. The lowest BCUT2D eigenvalue weighted by molar-refractivity contribution is 0.0779. The number of fused-ring (bicyclic) bond motifs is 2. The van der Waals surface area contributed by atoms with E-state index in [1.54, 1.807) is 4.90 Å². The highest BCUT2D eigenvalue weighted by atomic mass is 16.6. The summed E-state index contributed by atoms with van der Waals surface area (Å²) in [6.45, 7) is 1.15. The van der Waals surface area contributed by atoms with Crippen LogP contribution in [0.1, 0.15) is 21.5 Å². The average Bonchev–Trinajstić information content (AvgIpc) is 3.34. The minimum absolute atomic E-state index is 0.166. The van der Waals surface area contributed by atoms with E-state index in [0.29, 0.717) is 25.2 Å². The van der Waals surface area contributed by atoms with Gasteiger partial charge in [-0.3, -0.25) is 4.79 Å². The van der Waals surface area contributed by atoms with Crippen LogP contribution in [0.4, 0.5) is 4.79 Å². The van der Waals surface area contributed by atoms with Crippen molar-refractivity contribution in [2.75, 3.05) is 19.6 Å². The normalized spacial score (nSPS) is 14.1. The van der Waals surface area contributed by atoms with Gasteiger partial charge < -0.3 is 19.7 Å². The molecule has 0 aliphatic carbocycles. The standard InChI is InChI=1S/C30H28N2O4/c33-29(27-15-8-13-23-11-4-6-14-26(23)27)31-17-18-32(30(34)35-21-22-9-2-1-3-10-22)20-25-19-24-12-5-7-16-28(24)36-25/h1-16,25H,17-21H2,(H,31,33). The second kappa shape index (κ2) is 11.0. The Morgan fingerprint density at radius 2 is 1.64 bits per heavy atom. The molecular weight excluding hydrogens is 452 g/mol. The zero-order valence-electron chi connectivity index (χ0n) is 19.9. The molecule has 4 aromatic rings. The second-order valence-corrected chi connectivity index (χ2v) is 8.82. The zero-order chi connectivity index (χ0) is 24.7. The number of amides is 2. The predicted molar refractivity (Wildman–Crippen MR) is 139 cm³/mol.